The summed E-state index contributed by atoms with van der Waals surface area (Å²) < 4.78 is 13.6. The van der Waals surface area contributed by atoms with E-state index in [0.29, 0.717) is 19.6 Å². The molecule has 0 saturated carbocycles. The summed E-state index contributed by atoms with van der Waals surface area (Å²) in [6.45, 7) is 6.18. The minimum atomic E-state index is 0.0913. The van der Waals surface area contributed by atoms with Gasteiger partial charge in [-0.25, -0.2) is 4.68 Å². The van der Waals surface area contributed by atoms with Gasteiger partial charge >= 0.3 is 0 Å². The molecule has 0 bridgehead atoms. The Labute approximate surface area is 188 Å². The average Bonchev–Trinajstić information content (AvgIpc) is 3.33. The van der Waals surface area contributed by atoms with E-state index in [1.165, 1.54) is 0 Å². The van der Waals surface area contributed by atoms with E-state index in [9.17, 15) is 4.79 Å². The van der Waals surface area contributed by atoms with Crippen LogP contribution in [0, 0.1) is 13.8 Å². The van der Waals surface area contributed by atoms with Crippen molar-refractivity contribution in [3.63, 3.8) is 0 Å². The Hall–Kier alpha value is -3.28. The van der Waals surface area contributed by atoms with Crippen LogP contribution in [0.4, 0.5) is 0 Å². The summed E-state index contributed by atoms with van der Waals surface area (Å²) in [5.74, 6) is 1.75. The number of likely N-dealkylation sites (tertiary alicyclic amines) is 1. The molecule has 5 rings (SSSR count). The maximum atomic E-state index is 13.2. The molecule has 2 aliphatic rings. The Morgan fingerprint density at radius 3 is 2.53 bits per heavy atom. The van der Waals surface area contributed by atoms with Crippen molar-refractivity contribution >= 4 is 5.91 Å². The number of rotatable bonds is 4. The molecule has 2 aromatic carbocycles. The van der Waals surface area contributed by atoms with Crippen LogP contribution < -0.4 is 9.47 Å². The molecule has 1 amide bonds. The summed E-state index contributed by atoms with van der Waals surface area (Å²) >= 11 is 0. The van der Waals surface area contributed by atoms with Crippen molar-refractivity contribution in [1.29, 1.82) is 0 Å². The molecule has 0 N–H and O–H groups in total. The molecule has 6 heteroatoms. The number of fused-ring (bicyclic) bond motifs is 1. The van der Waals surface area contributed by atoms with Crippen molar-refractivity contribution in [3.05, 3.63) is 71.0 Å². The van der Waals surface area contributed by atoms with Gasteiger partial charge in [0.25, 0.3) is 0 Å². The number of aromatic nitrogens is 2. The fourth-order valence-electron chi connectivity index (χ4n) is 4.72. The summed E-state index contributed by atoms with van der Waals surface area (Å²) in [5.41, 5.74) is 5.25. The van der Waals surface area contributed by atoms with Crippen LogP contribution in [0.15, 0.2) is 48.5 Å². The average molecular weight is 432 g/mol. The highest BCUT2D eigenvalue weighted by Crippen LogP contribution is 2.38. The van der Waals surface area contributed by atoms with Gasteiger partial charge in [0.15, 0.2) is 11.5 Å². The highest BCUT2D eigenvalue weighted by atomic mass is 16.5. The van der Waals surface area contributed by atoms with Gasteiger partial charge < -0.3 is 14.4 Å². The molecule has 6 nitrogen and oxygen atoms in total. The van der Waals surface area contributed by atoms with E-state index in [2.05, 4.69) is 23.3 Å². The molecular weight excluding hydrogens is 402 g/mol. The number of carbonyl (C=O) groups excluding carboxylic acids is 1. The first-order chi connectivity index (χ1) is 15.6. The van der Waals surface area contributed by atoms with Crippen molar-refractivity contribution in [3.8, 4) is 17.2 Å². The summed E-state index contributed by atoms with van der Waals surface area (Å²) in [6.07, 6.45) is 3.28. The smallest absolute Gasteiger partial charge is 0.227 e. The normalized spacial score (nSPS) is 17.9. The van der Waals surface area contributed by atoms with Crippen LogP contribution in [0.5, 0.6) is 11.5 Å². The third kappa shape index (κ3) is 4.09. The Balaban J connectivity index is 1.30. The van der Waals surface area contributed by atoms with Crippen LogP contribution in [0.1, 0.15) is 47.8 Å². The van der Waals surface area contributed by atoms with Gasteiger partial charge in [0.2, 0.25) is 5.91 Å². The molecule has 1 saturated heterocycles. The Kier molecular flexibility index (Phi) is 5.60. The van der Waals surface area contributed by atoms with Crippen LogP contribution in [-0.4, -0.2) is 40.3 Å². The lowest BCUT2D eigenvalue weighted by Gasteiger charge is -2.26. The lowest BCUT2D eigenvalue weighted by Crippen LogP contribution is -2.31. The molecule has 166 valence electrons. The third-order valence-electron chi connectivity index (χ3n) is 6.28. The lowest BCUT2D eigenvalue weighted by atomic mass is 10.0. The Bertz CT molecular complexity index is 1120. The van der Waals surface area contributed by atoms with Crippen molar-refractivity contribution in [2.75, 3.05) is 19.8 Å². The predicted octanol–water partition coefficient (Wildman–Crippen LogP) is 4.56. The highest BCUT2D eigenvalue weighted by Gasteiger charge is 2.30. The largest absolute Gasteiger partial charge is 0.490 e. The van der Waals surface area contributed by atoms with E-state index < -0.39 is 0 Å². The highest BCUT2D eigenvalue weighted by molar-refractivity contribution is 5.79. The maximum Gasteiger partial charge on any atom is 0.227 e. The molecule has 32 heavy (non-hydrogen) atoms. The van der Waals surface area contributed by atoms with Crippen LogP contribution in [0.25, 0.3) is 5.69 Å². The van der Waals surface area contributed by atoms with Crippen molar-refractivity contribution in [1.82, 2.24) is 14.7 Å². The van der Waals surface area contributed by atoms with E-state index in [0.717, 1.165) is 65.5 Å². The van der Waals surface area contributed by atoms with Crippen molar-refractivity contribution < 1.29 is 14.3 Å². The van der Waals surface area contributed by atoms with Gasteiger partial charge in [-0.05, 0) is 68.1 Å². The molecule has 3 aromatic rings. The molecule has 0 radical (unpaired) electrons. The van der Waals surface area contributed by atoms with E-state index in [1.54, 1.807) is 0 Å². The minimum absolute atomic E-state index is 0.0913. The van der Waals surface area contributed by atoms with Gasteiger partial charge in [-0.15, -0.1) is 0 Å². The molecule has 3 heterocycles. The first kappa shape index (κ1) is 20.6. The second-order valence-corrected chi connectivity index (χ2v) is 8.68. The second kappa shape index (κ2) is 8.69. The zero-order valence-corrected chi connectivity index (χ0v) is 18.7. The van der Waals surface area contributed by atoms with Gasteiger partial charge in [-0.1, -0.05) is 18.2 Å². The fourth-order valence-corrected chi connectivity index (χ4v) is 4.72. The topological polar surface area (TPSA) is 56.6 Å². The van der Waals surface area contributed by atoms with Gasteiger partial charge in [0.05, 0.1) is 37.1 Å². The maximum absolute atomic E-state index is 13.2. The van der Waals surface area contributed by atoms with E-state index in [4.69, 9.17) is 9.47 Å². The molecule has 1 aromatic heterocycles. The van der Waals surface area contributed by atoms with Gasteiger partial charge in [-0.3, -0.25) is 4.79 Å². The third-order valence-corrected chi connectivity index (χ3v) is 6.28. The number of aryl methyl sites for hydroxylation is 2. The van der Waals surface area contributed by atoms with Crippen LogP contribution in [0.3, 0.4) is 0 Å². The first-order valence-electron chi connectivity index (χ1n) is 11.4. The number of ether oxygens (including phenoxy) is 2. The number of hydrogen-bond acceptors (Lipinski definition) is 4. The number of benzene rings is 2. The Morgan fingerprint density at radius 1 is 1.00 bits per heavy atom. The van der Waals surface area contributed by atoms with Crippen LogP contribution in [0.2, 0.25) is 0 Å². The fraction of sp³-hybridized carbons (Fsp3) is 0.385. The number of hydrogen-bond donors (Lipinski definition) is 0. The minimum Gasteiger partial charge on any atom is -0.490 e. The molecule has 0 spiro atoms. The lowest BCUT2D eigenvalue weighted by molar-refractivity contribution is -0.131. The number of amides is 1. The van der Waals surface area contributed by atoms with E-state index in [-0.39, 0.29) is 11.9 Å². The predicted molar refractivity (Wildman–Crippen MR) is 122 cm³/mol. The first-order valence-corrected chi connectivity index (χ1v) is 11.4. The summed E-state index contributed by atoms with van der Waals surface area (Å²) in [7, 11) is 0. The number of nitrogens with zero attached hydrogens (tertiary/aromatic N) is 3. The van der Waals surface area contributed by atoms with Gasteiger partial charge in [0.1, 0.15) is 0 Å². The molecule has 2 aliphatic heterocycles. The van der Waals surface area contributed by atoms with E-state index >= 15 is 0 Å². The van der Waals surface area contributed by atoms with Crippen molar-refractivity contribution in [2.45, 2.75) is 45.6 Å². The summed E-state index contributed by atoms with van der Waals surface area (Å²) in [4.78, 5) is 15.2. The van der Waals surface area contributed by atoms with Crippen molar-refractivity contribution in [2.24, 2.45) is 0 Å². The Morgan fingerprint density at radius 2 is 1.78 bits per heavy atom. The summed E-state index contributed by atoms with van der Waals surface area (Å²) in [6, 6.07) is 16.4. The van der Waals surface area contributed by atoms with Crippen LogP contribution >= 0.6 is 0 Å². The molecule has 0 unspecified atom stereocenters. The quantitative estimate of drug-likeness (QED) is 0.608. The standard InChI is InChI=1S/C26H29N3O3/c1-18-15-19(2)29(27-18)22-9-6-20(7-10-22)16-26(30)28-12-3-5-23(28)21-8-11-24-25(17-21)32-14-4-13-31-24/h6-11,15,17,23H,3-5,12-14,16H2,1-2H3/t23-/m0/s1. The molecule has 0 aliphatic carbocycles. The second-order valence-electron chi connectivity index (χ2n) is 8.68. The van der Waals surface area contributed by atoms with E-state index in [1.807, 2.05) is 53.8 Å². The molecule has 1 atom stereocenters. The SMILES string of the molecule is Cc1cc(C)n(-c2ccc(CC(=O)N3CCC[C@H]3c3ccc4c(c3)OCCCO4)cc2)n1. The van der Waals surface area contributed by atoms with Crippen LogP contribution in [-0.2, 0) is 11.2 Å². The summed E-state index contributed by atoms with van der Waals surface area (Å²) in [5, 5.41) is 4.54. The van der Waals surface area contributed by atoms with Gasteiger partial charge in [-0.2, -0.15) is 5.10 Å². The van der Waals surface area contributed by atoms with Gasteiger partial charge in [0, 0.05) is 18.7 Å². The zero-order valence-electron chi connectivity index (χ0n) is 18.7. The molecule has 1 fully saturated rings. The monoisotopic (exact) mass is 431 g/mol. The number of carbonyl (C=O) groups is 1. The zero-order chi connectivity index (χ0) is 22.1. The molecular formula is C26H29N3O3.